The van der Waals surface area contributed by atoms with Crippen LogP contribution in [-0.2, 0) is 9.53 Å². The molecule has 1 N–H and O–H groups in total. The van der Waals surface area contributed by atoms with Gasteiger partial charge in [0.15, 0.2) is 11.6 Å². The molecule has 1 amide bonds. The van der Waals surface area contributed by atoms with Crippen molar-refractivity contribution in [1.82, 2.24) is 4.98 Å². The molecule has 1 aromatic heterocycles. The lowest BCUT2D eigenvalue weighted by Gasteiger charge is -2.29. The first kappa shape index (κ1) is 21.0. The molecule has 6 nitrogen and oxygen atoms in total. The second kappa shape index (κ2) is 8.85. The number of carbonyl (C=O) groups excluding carboxylic acids is 1. The van der Waals surface area contributed by atoms with Crippen molar-refractivity contribution in [3.8, 4) is 0 Å². The van der Waals surface area contributed by atoms with E-state index in [-0.39, 0.29) is 18.0 Å². The normalized spacial score (nSPS) is 14.0. The molecule has 3 aromatic rings. The first-order chi connectivity index (χ1) is 14.9. The van der Waals surface area contributed by atoms with Gasteiger partial charge >= 0.3 is 0 Å². The van der Waals surface area contributed by atoms with Crippen LogP contribution in [0.1, 0.15) is 5.69 Å². The number of carbonyl (C=O) groups is 1. The highest BCUT2D eigenvalue weighted by molar-refractivity contribution is 5.97. The smallest absolute Gasteiger partial charge is 0.243 e. The first-order valence-electron chi connectivity index (χ1n) is 10.1. The van der Waals surface area contributed by atoms with Gasteiger partial charge in [0.25, 0.3) is 0 Å². The number of amides is 1. The standard InChI is InChI=1S/C23H24F2N4O2/c1-15-13-20(18-7-8-19(24)22(25)23(18)26-15)28(2)14-21(30)27-16-3-5-17(6-4-16)29-9-11-31-12-10-29/h3-8,13H,9-12,14H2,1-2H3,(H,27,30). The van der Waals surface area contributed by atoms with Crippen molar-refractivity contribution >= 4 is 33.9 Å². The molecule has 1 aliphatic rings. The summed E-state index contributed by atoms with van der Waals surface area (Å²) >= 11 is 0. The van der Waals surface area contributed by atoms with Gasteiger partial charge in [-0.1, -0.05) is 0 Å². The summed E-state index contributed by atoms with van der Waals surface area (Å²) in [6.45, 7) is 4.87. The lowest BCUT2D eigenvalue weighted by molar-refractivity contribution is -0.114. The van der Waals surface area contributed by atoms with E-state index in [2.05, 4.69) is 15.2 Å². The first-order valence-corrected chi connectivity index (χ1v) is 10.1. The molecule has 4 rings (SSSR count). The minimum atomic E-state index is -0.986. The lowest BCUT2D eigenvalue weighted by Crippen LogP contribution is -2.36. The molecule has 31 heavy (non-hydrogen) atoms. The number of halogens is 2. The van der Waals surface area contributed by atoms with E-state index in [0.29, 0.717) is 35.7 Å². The molecule has 0 radical (unpaired) electrons. The largest absolute Gasteiger partial charge is 0.378 e. The average molecular weight is 426 g/mol. The van der Waals surface area contributed by atoms with Crippen LogP contribution >= 0.6 is 0 Å². The average Bonchev–Trinajstić information content (AvgIpc) is 2.77. The van der Waals surface area contributed by atoms with Gasteiger partial charge in [0.2, 0.25) is 5.91 Å². The number of pyridine rings is 1. The van der Waals surface area contributed by atoms with E-state index in [4.69, 9.17) is 4.74 Å². The molecule has 2 aromatic carbocycles. The Morgan fingerprint density at radius 2 is 1.87 bits per heavy atom. The number of nitrogens with one attached hydrogen (secondary N) is 1. The maximum Gasteiger partial charge on any atom is 0.243 e. The monoisotopic (exact) mass is 426 g/mol. The summed E-state index contributed by atoms with van der Waals surface area (Å²) in [6, 6.07) is 12.0. The van der Waals surface area contributed by atoms with Gasteiger partial charge in [-0.25, -0.2) is 13.8 Å². The minimum Gasteiger partial charge on any atom is -0.378 e. The fraction of sp³-hybridized carbons (Fsp3) is 0.304. The Balaban J connectivity index is 1.46. The van der Waals surface area contributed by atoms with Crippen LogP contribution in [0, 0.1) is 18.6 Å². The van der Waals surface area contributed by atoms with E-state index in [1.54, 1.807) is 24.9 Å². The van der Waals surface area contributed by atoms with E-state index >= 15 is 0 Å². The van der Waals surface area contributed by atoms with Crippen LogP contribution in [0.5, 0.6) is 0 Å². The Bertz CT molecular complexity index is 1100. The van der Waals surface area contributed by atoms with Crippen LogP contribution in [0.15, 0.2) is 42.5 Å². The quantitative estimate of drug-likeness (QED) is 0.674. The molecule has 0 saturated carbocycles. The molecular weight excluding hydrogens is 402 g/mol. The van der Waals surface area contributed by atoms with E-state index in [1.165, 1.54) is 6.07 Å². The maximum atomic E-state index is 14.2. The van der Waals surface area contributed by atoms with Crippen LogP contribution < -0.4 is 15.1 Å². The number of aryl methyl sites for hydroxylation is 1. The summed E-state index contributed by atoms with van der Waals surface area (Å²) in [5.41, 5.74) is 2.89. The van der Waals surface area contributed by atoms with Crippen molar-refractivity contribution < 1.29 is 18.3 Å². The van der Waals surface area contributed by atoms with Gasteiger partial charge in [0.1, 0.15) is 5.52 Å². The van der Waals surface area contributed by atoms with Crippen LogP contribution in [-0.4, -0.2) is 50.8 Å². The fourth-order valence-electron chi connectivity index (χ4n) is 3.73. The third kappa shape index (κ3) is 4.59. The van der Waals surface area contributed by atoms with Gasteiger partial charge in [0.05, 0.1) is 19.8 Å². The summed E-state index contributed by atoms with van der Waals surface area (Å²) in [4.78, 5) is 20.7. The zero-order valence-corrected chi connectivity index (χ0v) is 17.5. The fourth-order valence-corrected chi connectivity index (χ4v) is 3.73. The molecule has 0 unspecified atom stereocenters. The molecule has 2 heterocycles. The highest BCUT2D eigenvalue weighted by Crippen LogP contribution is 2.29. The second-order valence-electron chi connectivity index (χ2n) is 7.59. The molecule has 0 bridgehead atoms. The Morgan fingerprint density at radius 3 is 2.58 bits per heavy atom. The van der Waals surface area contributed by atoms with Crippen molar-refractivity contribution in [2.45, 2.75) is 6.92 Å². The number of hydrogen-bond acceptors (Lipinski definition) is 5. The zero-order valence-electron chi connectivity index (χ0n) is 17.5. The van der Waals surface area contributed by atoms with Crippen LogP contribution in [0.4, 0.5) is 25.8 Å². The van der Waals surface area contributed by atoms with Gasteiger partial charge in [-0.3, -0.25) is 4.79 Å². The summed E-state index contributed by atoms with van der Waals surface area (Å²) in [5, 5.41) is 3.34. The second-order valence-corrected chi connectivity index (χ2v) is 7.59. The number of ether oxygens (including phenoxy) is 1. The van der Waals surface area contributed by atoms with Gasteiger partial charge < -0.3 is 19.9 Å². The van der Waals surface area contributed by atoms with Gasteiger partial charge in [-0.2, -0.15) is 0 Å². The van der Waals surface area contributed by atoms with Crippen molar-refractivity contribution in [1.29, 1.82) is 0 Å². The number of rotatable bonds is 5. The molecule has 8 heteroatoms. The van der Waals surface area contributed by atoms with Gasteiger partial charge in [-0.05, 0) is 49.4 Å². The summed E-state index contributed by atoms with van der Waals surface area (Å²) in [6.07, 6.45) is 0. The molecule has 1 saturated heterocycles. The highest BCUT2D eigenvalue weighted by atomic mass is 19.2. The van der Waals surface area contributed by atoms with Crippen LogP contribution in [0.25, 0.3) is 10.9 Å². The molecule has 1 aliphatic heterocycles. The van der Waals surface area contributed by atoms with Crippen molar-refractivity contribution in [3.63, 3.8) is 0 Å². The number of fused-ring (bicyclic) bond motifs is 1. The van der Waals surface area contributed by atoms with Crippen molar-refractivity contribution in [2.24, 2.45) is 0 Å². The number of benzene rings is 2. The maximum absolute atomic E-state index is 14.2. The number of anilines is 3. The Hall–Kier alpha value is -3.26. The van der Waals surface area contributed by atoms with E-state index in [1.807, 2.05) is 24.3 Å². The van der Waals surface area contributed by atoms with Gasteiger partial charge in [-0.15, -0.1) is 0 Å². The number of nitrogens with zero attached hydrogens (tertiary/aromatic N) is 3. The Kier molecular flexibility index (Phi) is 5.99. The molecular formula is C23H24F2N4O2. The third-order valence-electron chi connectivity index (χ3n) is 5.30. The molecule has 0 spiro atoms. The number of aromatic nitrogens is 1. The predicted octanol–water partition coefficient (Wildman–Crippen LogP) is 3.73. The summed E-state index contributed by atoms with van der Waals surface area (Å²) < 4.78 is 33.2. The summed E-state index contributed by atoms with van der Waals surface area (Å²) in [5.74, 6) is -2.15. The molecule has 162 valence electrons. The Labute approximate surface area is 179 Å². The lowest BCUT2D eigenvalue weighted by atomic mass is 10.1. The minimum absolute atomic E-state index is 0.0408. The zero-order chi connectivity index (χ0) is 22.0. The van der Waals surface area contributed by atoms with Crippen LogP contribution in [0.3, 0.4) is 0 Å². The molecule has 1 fully saturated rings. The topological polar surface area (TPSA) is 57.7 Å². The van der Waals surface area contributed by atoms with E-state index in [9.17, 15) is 13.6 Å². The number of hydrogen-bond donors (Lipinski definition) is 1. The van der Waals surface area contributed by atoms with Gasteiger partial charge in [0, 0.05) is 48.3 Å². The van der Waals surface area contributed by atoms with E-state index in [0.717, 1.165) is 24.8 Å². The van der Waals surface area contributed by atoms with Crippen molar-refractivity contribution in [2.75, 3.05) is 55.0 Å². The third-order valence-corrected chi connectivity index (χ3v) is 5.30. The van der Waals surface area contributed by atoms with E-state index < -0.39 is 11.6 Å². The number of likely N-dealkylation sites (N-methyl/N-ethyl adjacent to an activating group) is 1. The number of morpholine rings is 1. The Morgan fingerprint density at radius 1 is 1.16 bits per heavy atom. The predicted molar refractivity (Wildman–Crippen MR) is 118 cm³/mol. The molecule has 0 atom stereocenters. The van der Waals surface area contributed by atoms with Crippen LogP contribution in [0.2, 0.25) is 0 Å². The van der Waals surface area contributed by atoms with Crippen molar-refractivity contribution in [3.05, 3.63) is 59.8 Å². The summed E-state index contributed by atoms with van der Waals surface area (Å²) in [7, 11) is 1.73. The molecule has 0 aliphatic carbocycles. The highest BCUT2D eigenvalue weighted by Gasteiger charge is 2.17. The SMILES string of the molecule is Cc1cc(N(C)CC(=O)Nc2ccc(N3CCOCC3)cc2)c2ccc(F)c(F)c2n1.